The summed E-state index contributed by atoms with van der Waals surface area (Å²) in [6, 6.07) is 1.84. The molecule has 0 saturated heterocycles. The zero-order valence-corrected chi connectivity index (χ0v) is 13.5. The highest BCUT2D eigenvalue weighted by Gasteiger charge is 2.26. The molecule has 21 heavy (non-hydrogen) atoms. The first-order valence-electron chi connectivity index (χ1n) is 6.09. The second-order valence-corrected chi connectivity index (χ2v) is 6.75. The number of carboxylic acid groups (broad SMARTS) is 1. The summed E-state index contributed by atoms with van der Waals surface area (Å²) in [5.74, 6) is -1.41. The topological polar surface area (TPSA) is 104 Å². The molecule has 0 heterocycles. The SMILES string of the molecule is CCC(CCO)NS(=O)(=O)c1ccc(Cl)c(C(=O)O)c1Cl. The van der Waals surface area contributed by atoms with Crippen molar-refractivity contribution in [1.29, 1.82) is 0 Å². The lowest BCUT2D eigenvalue weighted by Crippen LogP contribution is -2.35. The quantitative estimate of drug-likeness (QED) is 0.694. The Morgan fingerprint density at radius 2 is 2.00 bits per heavy atom. The summed E-state index contributed by atoms with van der Waals surface area (Å²) in [5.41, 5.74) is -0.462. The molecule has 0 aliphatic carbocycles. The molecule has 0 bridgehead atoms. The predicted molar refractivity (Wildman–Crippen MR) is 79.5 cm³/mol. The molecule has 0 spiro atoms. The van der Waals surface area contributed by atoms with Crippen molar-refractivity contribution in [3.8, 4) is 0 Å². The summed E-state index contributed by atoms with van der Waals surface area (Å²) in [4.78, 5) is 10.7. The van der Waals surface area contributed by atoms with Crippen LogP contribution in [0.1, 0.15) is 30.1 Å². The van der Waals surface area contributed by atoms with Gasteiger partial charge >= 0.3 is 5.97 Å². The molecule has 0 amide bonds. The van der Waals surface area contributed by atoms with Crippen LogP contribution in [-0.2, 0) is 10.0 Å². The molecule has 1 aromatic carbocycles. The summed E-state index contributed by atoms with van der Waals surface area (Å²) in [6.07, 6.45) is 0.712. The summed E-state index contributed by atoms with van der Waals surface area (Å²) in [6.45, 7) is 1.59. The Bertz CT molecular complexity index is 633. The minimum absolute atomic E-state index is 0.145. The van der Waals surface area contributed by atoms with Crippen molar-refractivity contribution in [3.05, 3.63) is 27.7 Å². The second-order valence-electron chi connectivity index (χ2n) is 4.28. The maximum absolute atomic E-state index is 12.3. The van der Waals surface area contributed by atoms with E-state index in [4.69, 9.17) is 33.4 Å². The maximum atomic E-state index is 12.3. The standard InChI is InChI=1S/C12H15Cl2NO5S/c1-2-7(5-6-16)15-21(19,20)9-4-3-8(13)10(11(9)14)12(17)18/h3-4,7,15-16H,2,5-6H2,1H3,(H,17,18). The second kappa shape index (κ2) is 7.42. The van der Waals surface area contributed by atoms with Crippen LogP contribution in [0.4, 0.5) is 0 Å². The fraction of sp³-hybridized carbons (Fsp3) is 0.417. The molecule has 0 aliphatic heterocycles. The molecular weight excluding hydrogens is 341 g/mol. The van der Waals surface area contributed by atoms with Gasteiger partial charge in [0.1, 0.15) is 4.90 Å². The van der Waals surface area contributed by atoms with Crippen LogP contribution < -0.4 is 4.72 Å². The van der Waals surface area contributed by atoms with Gasteiger partial charge in [-0.1, -0.05) is 30.1 Å². The molecule has 0 fully saturated rings. The number of hydrogen-bond acceptors (Lipinski definition) is 4. The molecule has 1 rings (SSSR count). The number of hydrogen-bond donors (Lipinski definition) is 3. The average molecular weight is 356 g/mol. The van der Waals surface area contributed by atoms with Crippen LogP contribution in [0.5, 0.6) is 0 Å². The molecule has 1 aromatic rings. The van der Waals surface area contributed by atoms with Crippen molar-refractivity contribution in [3.63, 3.8) is 0 Å². The van der Waals surface area contributed by atoms with Gasteiger partial charge in [-0.15, -0.1) is 0 Å². The number of benzene rings is 1. The van der Waals surface area contributed by atoms with Crippen LogP contribution >= 0.6 is 23.2 Å². The van der Waals surface area contributed by atoms with Crippen LogP contribution in [0.15, 0.2) is 17.0 Å². The van der Waals surface area contributed by atoms with E-state index >= 15 is 0 Å². The number of carboxylic acids is 1. The number of aromatic carboxylic acids is 1. The van der Waals surface area contributed by atoms with Crippen molar-refractivity contribution in [1.82, 2.24) is 4.72 Å². The fourth-order valence-electron chi connectivity index (χ4n) is 1.72. The first kappa shape index (κ1) is 18.2. The third-order valence-corrected chi connectivity index (χ3v) is 5.23. The largest absolute Gasteiger partial charge is 0.478 e. The van der Waals surface area contributed by atoms with Crippen LogP contribution in [-0.4, -0.2) is 37.2 Å². The Morgan fingerprint density at radius 3 is 2.48 bits per heavy atom. The van der Waals surface area contributed by atoms with E-state index < -0.39 is 32.6 Å². The summed E-state index contributed by atoms with van der Waals surface area (Å²) in [5, 5.41) is 17.3. The van der Waals surface area contributed by atoms with E-state index in [1.807, 2.05) is 0 Å². The van der Waals surface area contributed by atoms with Gasteiger partial charge in [-0.05, 0) is 25.0 Å². The van der Waals surface area contributed by atoms with Crippen LogP contribution in [0, 0.1) is 0 Å². The summed E-state index contributed by atoms with van der Waals surface area (Å²) in [7, 11) is -4.01. The first-order chi connectivity index (χ1) is 9.74. The fourth-order valence-corrected chi connectivity index (χ4v) is 3.99. The van der Waals surface area contributed by atoms with Crippen molar-refractivity contribution in [2.45, 2.75) is 30.7 Å². The van der Waals surface area contributed by atoms with Crippen molar-refractivity contribution < 1.29 is 23.4 Å². The van der Waals surface area contributed by atoms with E-state index in [1.165, 1.54) is 6.07 Å². The highest BCUT2D eigenvalue weighted by Crippen LogP contribution is 2.31. The van der Waals surface area contributed by atoms with E-state index in [2.05, 4.69) is 4.72 Å². The number of aliphatic hydroxyl groups is 1. The van der Waals surface area contributed by atoms with Crippen molar-refractivity contribution >= 4 is 39.2 Å². The Balaban J connectivity index is 3.26. The molecule has 1 unspecified atom stereocenters. The Morgan fingerprint density at radius 1 is 1.38 bits per heavy atom. The van der Waals surface area contributed by atoms with Gasteiger partial charge in [-0.3, -0.25) is 0 Å². The molecule has 0 saturated carbocycles. The molecule has 9 heteroatoms. The van der Waals surface area contributed by atoms with E-state index in [-0.39, 0.29) is 22.9 Å². The Kier molecular flexibility index (Phi) is 6.42. The molecule has 0 aromatic heterocycles. The highest BCUT2D eigenvalue weighted by molar-refractivity contribution is 7.89. The van der Waals surface area contributed by atoms with Crippen molar-refractivity contribution in [2.75, 3.05) is 6.61 Å². The third-order valence-electron chi connectivity index (χ3n) is 2.85. The average Bonchev–Trinajstić information content (AvgIpc) is 2.37. The summed E-state index contributed by atoms with van der Waals surface area (Å²) < 4.78 is 26.9. The zero-order chi connectivity index (χ0) is 16.2. The first-order valence-corrected chi connectivity index (χ1v) is 8.33. The lowest BCUT2D eigenvalue weighted by atomic mass is 10.2. The van der Waals surface area contributed by atoms with Gasteiger partial charge in [0, 0.05) is 12.6 Å². The number of halogens is 2. The van der Waals surface area contributed by atoms with Gasteiger partial charge in [0.25, 0.3) is 0 Å². The van der Waals surface area contributed by atoms with E-state index in [9.17, 15) is 13.2 Å². The van der Waals surface area contributed by atoms with Crippen LogP contribution in [0.3, 0.4) is 0 Å². The number of sulfonamides is 1. The molecule has 3 N–H and O–H groups in total. The van der Waals surface area contributed by atoms with Crippen molar-refractivity contribution in [2.24, 2.45) is 0 Å². The molecule has 118 valence electrons. The number of rotatable bonds is 7. The van der Waals surface area contributed by atoms with Gasteiger partial charge < -0.3 is 10.2 Å². The minimum atomic E-state index is -4.01. The zero-order valence-electron chi connectivity index (χ0n) is 11.1. The lowest BCUT2D eigenvalue weighted by molar-refractivity contribution is 0.0697. The highest BCUT2D eigenvalue weighted by atomic mass is 35.5. The van der Waals surface area contributed by atoms with Crippen LogP contribution in [0.2, 0.25) is 10.0 Å². The maximum Gasteiger partial charge on any atom is 0.338 e. The number of carbonyl (C=O) groups is 1. The van der Waals surface area contributed by atoms with Gasteiger partial charge in [-0.2, -0.15) is 0 Å². The van der Waals surface area contributed by atoms with Gasteiger partial charge in [-0.25, -0.2) is 17.9 Å². The number of aliphatic hydroxyl groups excluding tert-OH is 1. The Labute approximate surface area is 132 Å². The molecular formula is C12H15Cl2NO5S. The Hall–Kier alpha value is -0.860. The predicted octanol–water partition coefficient (Wildman–Crippen LogP) is 2.13. The van der Waals surface area contributed by atoms with E-state index in [1.54, 1.807) is 6.92 Å². The van der Waals surface area contributed by atoms with Gasteiger partial charge in [0.15, 0.2) is 0 Å². The molecule has 1 atom stereocenters. The van der Waals surface area contributed by atoms with E-state index in [0.717, 1.165) is 6.07 Å². The van der Waals surface area contributed by atoms with Gasteiger partial charge in [0.05, 0.1) is 15.6 Å². The van der Waals surface area contributed by atoms with Gasteiger partial charge in [0.2, 0.25) is 10.0 Å². The number of nitrogens with one attached hydrogen (secondary N) is 1. The third kappa shape index (κ3) is 4.31. The summed E-state index contributed by atoms with van der Waals surface area (Å²) >= 11 is 11.6. The smallest absolute Gasteiger partial charge is 0.338 e. The molecule has 6 nitrogen and oxygen atoms in total. The molecule has 0 radical (unpaired) electrons. The molecule has 0 aliphatic rings. The van der Waals surface area contributed by atoms with Crippen LogP contribution in [0.25, 0.3) is 0 Å². The van der Waals surface area contributed by atoms with E-state index in [0.29, 0.717) is 6.42 Å². The minimum Gasteiger partial charge on any atom is -0.478 e. The monoisotopic (exact) mass is 355 g/mol. The normalized spacial score (nSPS) is 13.1. The lowest BCUT2D eigenvalue weighted by Gasteiger charge is -2.17.